The Bertz CT molecular complexity index is 357. The molecule has 0 aliphatic carbocycles. The van der Waals surface area contributed by atoms with E-state index >= 15 is 0 Å². The molecule has 6 heteroatoms. The summed E-state index contributed by atoms with van der Waals surface area (Å²) in [6, 6.07) is 0. The largest absolute Gasteiger partial charge is 0.376 e. The maximum Gasteiger partial charge on any atom is 0.304 e. The summed E-state index contributed by atoms with van der Waals surface area (Å²) < 4.78 is 5.58. The van der Waals surface area contributed by atoms with Gasteiger partial charge in [0.05, 0.1) is 12.7 Å². The maximum atomic E-state index is 10.9. The lowest BCUT2D eigenvalue weighted by atomic mass is 10.2. The molecule has 1 atom stereocenters. The van der Waals surface area contributed by atoms with Crippen LogP contribution in [0.1, 0.15) is 12.1 Å². The Morgan fingerprint density at radius 3 is 3.25 bits per heavy atom. The van der Waals surface area contributed by atoms with E-state index in [0.29, 0.717) is 6.10 Å². The Kier molecular flexibility index (Phi) is 4.53. The normalized spacial score (nSPS) is 21.1. The minimum atomic E-state index is 0.0108. The first kappa shape index (κ1) is 11.8. The van der Waals surface area contributed by atoms with E-state index in [1.807, 2.05) is 5.38 Å². The van der Waals surface area contributed by atoms with Gasteiger partial charge in [0.25, 0.3) is 0 Å². The summed E-state index contributed by atoms with van der Waals surface area (Å²) >= 11 is 1.20. The zero-order valence-corrected chi connectivity index (χ0v) is 9.94. The molecule has 16 heavy (non-hydrogen) atoms. The summed E-state index contributed by atoms with van der Waals surface area (Å²) in [5, 5.41) is 8.44. The lowest BCUT2D eigenvalue weighted by molar-refractivity contribution is 0.0238. The van der Waals surface area contributed by atoms with Crippen molar-refractivity contribution in [3.63, 3.8) is 0 Å². The third-order valence-corrected chi connectivity index (χ3v) is 3.25. The van der Waals surface area contributed by atoms with Crippen LogP contribution in [0.2, 0.25) is 0 Å². The fourth-order valence-corrected chi connectivity index (χ4v) is 2.27. The molecule has 0 bridgehead atoms. The fourth-order valence-electron chi connectivity index (χ4n) is 1.69. The molecule has 1 fully saturated rings. The van der Waals surface area contributed by atoms with E-state index in [1.54, 1.807) is 0 Å². The number of morpholine rings is 1. The summed E-state index contributed by atoms with van der Waals surface area (Å²) in [5.41, 5.74) is 0.956. The van der Waals surface area contributed by atoms with Crippen LogP contribution in [-0.4, -0.2) is 37.3 Å². The van der Waals surface area contributed by atoms with E-state index in [1.165, 1.54) is 11.3 Å². The molecule has 0 saturated carbocycles. The molecule has 0 radical (unpaired) electrons. The molecule has 2 heterocycles. The van der Waals surface area contributed by atoms with Gasteiger partial charge in [0.15, 0.2) is 0 Å². The highest BCUT2D eigenvalue weighted by Crippen LogP contribution is 2.00. The number of nitrogens with one attached hydrogen (secondary N) is 3. The van der Waals surface area contributed by atoms with Crippen molar-refractivity contribution in [3.05, 3.63) is 20.7 Å². The Hall–Kier alpha value is -0.690. The average molecular weight is 243 g/mol. The lowest BCUT2D eigenvalue weighted by Crippen LogP contribution is -2.39. The van der Waals surface area contributed by atoms with Gasteiger partial charge >= 0.3 is 4.87 Å². The Balaban J connectivity index is 1.59. The van der Waals surface area contributed by atoms with Crippen molar-refractivity contribution in [2.24, 2.45) is 0 Å². The Morgan fingerprint density at radius 2 is 2.56 bits per heavy atom. The zero-order chi connectivity index (χ0) is 11.2. The third kappa shape index (κ3) is 3.71. The van der Waals surface area contributed by atoms with Crippen molar-refractivity contribution < 1.29 is 4.74 Å². The number of aromatic amines is 1. The van der Waals surface area contributed by atoms with E-state index in [0.717, 1.165) is 44.9 Å². The number of rotatable bonds is 5. The van der Waals surface area contributed by atoms with E-state index < -0.39 is 0 Å². The van der Waals surface area contributed by atoms with Crippen molar-refractivity contribution in [3.8, 4) is 0 Å². The first-order valence-corrected chi connectivity index (χ1v) is 6.42. The molecule has 2 rings (SSSR count). The molecule has 0 amide bonds. The van der Waals surface area contributed by atoms with Crippen LogP contribution in [-0.2, 0) is 11.3 Å². The highest BCUT2D eigenvalue weighted by atomic mass is 32.1. The molecule has 3 N–H and O–H groups in total. The summed E-state index contributed by atoms with van der Waals surface area (Å²) in [6.45, 7) is 4.34. The second-order valence-corrected chi connectivity index (χ2v) is 4.68. The zero-order valence-electron chi connectivity index (χ0n) is 9.12. The van der Waals surface area contributed by atoms with Gasteiger partial charge in [-0.15, -0.1) is 0 Å². The molecular formula is C10H17N3O2S. The first-order valence-electron chi connectivity index (χ1n) is 5.54. The molecule has 0 aromatic carbocycles. The Labute approximate surface area is 98.2 Å². The van der Waals surface area contributed by atoms with Crippen LogP contribution < -0.4 is 15.5 Å². The predicted molar refractivity (Wildman–Crippen MR) is 63.9 cm³/mol. The van der Waals surface area contributed by atoms with Gasteiger partial charge in [-0.25, -0.2) is 0 Å². The van der Waals surface area contributed by atoms with Crippen LogP contribution in [0.4, 0.5) is 0 Å². The van der Waals surface area contributed by atoms with Crippen LogP contribution in [0.25, 0.3) is 0 Å². The van der Waals surface area contributed by atoms with E-state index in [4.69, 9.17) is 4.74 Å². The number of hydrogen-bond acceptors (Lipinski definition) is 5. The number of H-pyrrole nitrogens is 1. The molecule has 0 spiro atoms. The van der Waals surface area contributed by atoms with Crippen molar-refractivity contribution in [2.45, 2.75) is 19.1 Å². The van der Waals surface area contributed by atoms with Crippen molar-refractivity contribution in [1.29, 1.82) is 0 Å². The average Bonchev–Trinajstić information content (AvgIpc) is 2.72. The molecule has 1 aromatic rings. The van der Waals surface area contributed by atoms with Crippen LogP contribution >= 0.6 is 11.3 Å². The molecule has 1 unspecified atom stereocenters. The highest BCUT2D eigenvalue weighted by Gasteiger charge is 2.12. The summed E-state index contributed by atoms with van der Waals surface area (Å²) in [4.78, 5) is 13.7. The quantitative estimate of drug-likeness (QED) is 0.632. The first-order chi connectivity index (χ1) is 7.84. The molecule has 1 aliphatic rings. The summed E-state index contributed by atoms with van der Waals surface area (Å²) in [6.07, 6.45) is 1.32. The number of thiazole rings is 1. The number of aromatic nitrogens is 1. The van der Waals surface area contributed by atoms with Gasteiger partial charge in [-0.2, -0.15) is 0 Å². The van der Waals surface area contributed by atoms with Gasteiger partial charge in [0, 0.05) is 30.7 Å². The van der Waals surface area contributed by atoms with Crippen molar-refractivity contribution >= 4 is 11.3 Å². The van der Waals surface area contributed by atoms with Crippen LogP contribution in [0.5, 0.6) is 0 Å². The van der Waals surface area contributed by atoms with Crippen LogP contribution in [0.15, 0.2) is 10.2 Å². The smallest absolute Gasteiger partial charge is 0.304 e. The van der Waals surface area contributed by atoms with Gasteiger partial charge in [0.1, 0.15) is 0 Å². The monoisotopic (exact) mass is 243 g/mol. The highest BCUT2D eigenvalue weighted by molar-refractivity contribution is 7.07. The molecule has 90 valence electrons. The van der Waals surface area contributed by atoms with Gasteiger partial charge in [-0.05, 0) is 13.0 Å². The second-order valence-electron chi connectivity index (χ2n) is 3.84. The third-order valence-electron chi connectivity index (χ3n) is 2.53. The van der Waals surface area contributed by atoms with Gasteiger partial charge in [-0.3, -0.25) is 4.79 Å². The van der Waals surface area contributed by atoms with E-state index in [-0.39, 0.29) is 4.87 Å². The standard InChI is InChI=1S/C10H17N3O2S/c14-10-13-8(7-16-10)5-11-2-1-9-6-12-3-4-15-9/h7,9,11-12H,1-6H2,(H,13,14). The van der Waals surface area contributed by atoms with Crippen LogP contribution in [0, 0.1) is 0 Å². The van der Waals surface area contributed by atoms with E-state index in [9.17, 15) is 4.79 Å². The SMILES string of the molecule is O=c1[nH]c(CNCCC2CNCCO2)cs1. The minimum Gasteiger partial charge on any atom is -0.376 e. The maximum absolute atomic E-state index is 10.9. The minimum absolute atomic E-state index is 0.0108. The number of hydrogen-bond donors (Lipinski definition) is 3. The predicted octanol–water partition coefficient (Wildman–Crippen LogP) is -0.0955. The fraction of sp³-hybridized carbons (Fsp3) is 0.700. The summed E-state index contributed by atoms with van der Waals surface area (Å²) in [5.74, 6) is 0. The van der Waals surface area contributed by atoms with Crippen LogP contribution in [0.3, 0.4) is 0 Å². The molecule has 1 aliphatic heterocycles. The van der Waals surface area contributed by atoms with Gasteiger partial charge < -0.3 is 20.4 Å². The molecule has 5 nitrogen and oxygen atoms in total. The molecule has 1 saturated heterocycles. The number of ether oxygens (including phenoxy) is 1. The Morgan fingerprint density at radius 1 is 1.62 bits per heavy atom. The topological polar surface area (TPSA) is 66.2 Å². The molecule has 1 aromatic heterocycles. The summed E-state index contributed by atoms with van der Waals surface area (Å²) in [7, 11) is 0. The van der Waals surface area contributed by atoms with Gasteiger partial charge in [-0.1, -0.05) is 11.3 Å². The van der Waals surface area contributed by atoms with E-state index in [2.05, 4.69) is 15.6 Å². The van der Waals surface area contributed by atoms with Gasteiger partial charge in [0.2, 0.25) is 0 Å². The van der Waals surface area contributed by atoms with Crippen molar-refractivity contribution in [2.75, 3.05) is 26.2 Å². The van der Waals surface area contributed by atoms with Crippen molar-refractivity contribution in [1.82, 2.24) is 15.6 Å². The lowest BCUT2D eigenvalue weighted by Gasteiger charge is -2.23. The molecular weight excluding hydrogens is 226 g/mol. The second kappa shape index (κ2) is 6.15.